The van der Waals surface area contributed by atoms with Gasteiger partial charge in [-0.2, -0.15) is 0 Å². The summed E-state index contributed by atoms with van der Waals surface area (Å²) in [6, 6.07) is 5.99. The molecule has 104 valence electrons. The minimum absolute atomic E-state index is 0.367. The van der Waals surface area contributed by atoms with E-state index in [1.54, 1.807) is 12.1 Å². The SMILES string of the molecule is Cc1cc(C(=O)O)ccc1N(C)C1CCCC(C)C1. The molecule has 1 aliphatic rings. The number of aryl methyl sites for hydroxylation is 1. The fourth-order valence-electron chi connectivity index (χ4n) is 3.13. The van der Waals surface area contributed by atoms with Gasteiger partial charge in [0.1, 0.15) is 0 Å². The van der Waals surface area contributed by atoms with E-state index in [9.17, 15) is 4.79 Å². The first-order valence-corrected chi connectivity index (χ1v) is 7.06. The predicted molar refractivity (Wildman–Crippen MR) is 78.0 cm³/mol. The van der Waals surface area contributed by atoms with Crippen LogP contribution in [-0.4, -0.2) is 24.2 Å². The Hall–Kier alpha value is -1.51. The van der Waals surface area contributed by atoms with E-state index in [4.69, 9.17) is 5.11 Å². The molecule has 1 fully saturated rings. The molecule has 19 heavy (non-hydrogen) atoms. The normalized spacial score (nSPS) is 23.1. The molecule has 0 spiro atoms. The molecule has 3 nitrogen and oxygen atoms in total. The lowest BCUT2D eigenvalue weighted by Gasteiger charge is -2.36. The Kier molecular flexibility index (Phi) is 4.13. The first-order valence-electron chi connectivity index (χ1n) is 7.06. The van der Waals surface area contributed by atoms with Gasteiger partial charge in [-0.25, -0.2) is 4.79 Å². The summed E-state index contributed by atoms with van der Waals surface area (Å²) in [6.45, 7) is 4.31. The van der Waals surface area contributed by atoms with Gasteiger partial charge in [-0.3, -0.25) is 0 Å². The number of rotatable bonds is 3. The van der Waals surface area contributed by atoms with Crippen LogP contribution in [-0.2, 0) is 0 Å². The van der Waals surface area contributed by atoms with Crippen molar-refractivity contribution in [2.75, 3.05) is 11.9 Å². The lowest BCUT2D eigenvalue weighted by molar-refractivity contribution is 0.0697. The van der Waals surface area contributed by atoms with Crippen LogP contribution in [0.15, 0.2) is 18.2 Å². The second kappa shape index (κ2) is 5.64. The van der Waals surface area contributed by atoms with E-state index in [0.29, 0.717) is 11.6 Å². The summed E-state index contributed by atoms with van der Waals surface area (Å²) in [5, 5.41) is 9.01. The minimum atomic E-state index is -0.858. The molecule has 1 aliphatic carbocycles. The highest BCUT2D eigenvalue weighted by atomic mass is 16.4. The summed E-state index contributed by atoms with van der Waals surface area (Å²) in [4.78, 5) is 13.3. The van der Waals surface area contributed by atoms with Gasteiger partial charge in [-0.05, 0) is 49.4 Å². The largest absolute Gasteiger partial charge is 0.478 e. The van der Waals surface area contributed by atoms with E-state index in [2.05, 4.69) is 18.9 Å². The molecule has 0 bridgehead atoms. The molecule has 3 heteroatoms. The maximum absolute atomic E-state index is 11.0. The minimum Gasteiger partial charge on any atom is -0.478 e. The number of aromatic carboxylic acids is 1. The smallest absolute Gasteiger partial charge is 0.335 e. The highest BCUT2D eigenvalue weighted by molar-refractivity contribution is 5.88. The van der Waals surface area contributed by atoms with Gasteiger partial charge in [-0.1, -0.05) is 19.8 Å². The van der Waals surface area contributed by atoms with Gasteiger partial charge in [0.05, 0.1) is 5.56 Å². The summed E-state index contributed by atoms with van der Waals surface area (Å²) in [6.07, 6.45) is 5.10. The molecule has 2 atom stereocenters. The van der Waals surface area contributed by atoms with Gasteiger partial charge in [0.15, 0.2) is 0 Å². The lowest BCUT2D eigenvalue weighted by Crippen LogP contribution is -2.36. The molecule has 2 unspecified atom stereocenters. The first-order chi connectivity index (χ1) is 8.99. The third kappa shape index (κ3) is 3.09. The Bertz CT molecular complexity index is 470. The Morgan fingerprint density at radius 3 is 2.68 bits per heavy atom. The zero-order valence-electron chi connectivity index (χ0n) is 12.0. The molecule has 0 aliphatic heterocycles. The molecule has 0 heterocycles. The Balaban J connectivity index is 2.19. The van der Waals surface area contributed by atoms with Crippen molar-refractivity contribution < 1.29 is 9.90 Å². The molecule has 0 amide bonds. The van der Waals surface area contributed by atoms with Crippen molar-refractivity contribution in [3.05, 3.63) is 29.3 Å². The maximum atomic E-state index is 11.0. The monoisotopic (exact) mass is 261 g/mol. The van der Waals surface area contributed by atoms with Crippen LogP contribution in [0.25, 0.3) is 0 Å². The van der Waals surface area contributed by atoms with Crippen molar-refractivity contribution in [2.45, 2.75) is 45.6 Å². The van der Waals surface area contributed by atoms with Gasteiger partial charge in [-0.15, -0.1) is 0 Å². The van der Waals surface area contributed by atoms with Crippen molar-refractivity contribution >= 4 is 11.7 Å². The number of hydrogen-bond donors (Lipinski definition) is 1. The zero-order chi connectivity index (χ0) is 14.0. The van der Waals surface area contributed by atoms with Crippen LogP contribution in [0.5, 0.6) is 0 Å². The third-order valence-electron chi connectivity index (χ3n) is 4.28. The quantitative estimate of drug-likeness (QED) is 0.901. The Morgan fingerprint density at radius 1 is 1.37 bits per heavy atom. The molecular weight excluding hydrogens is 238 g/mol. The zero-order valence-corrected chi connectivity index (χ0v) is 12.0. The van der Waals surface area contributed by atoms with Crippen LogP contribution in [0.3, 0.4) is 0 Å². The molecule has 0 aromatic heterocycles. The highest BCUT2D eigenvalue weighted by Crippen LogP contribution is 2.31. The summed E-state index contributed by atoms with van der Waals surface area (Å²) in [5.74, 6) is -0.0663. The number of carbonyl (C=O) groups is 1. The van der Waals surface area contributed by atoms with Crippen LogP contribution in [0.4, 0.5) is 5.69 Å². The number of carboxylic acids is 1. The number of benzene rings is 1. The molecule has 1 aromatic carbocycles. The van der Waals surface area contributed by atoms with E-state index in [1.165, 1.54) is 25.7 Å². The van der Waals surface area contributed by atoms with Gasteiger partial charge >= 0.3 is 5.97 Å². The van der Waals surface area contributed by atoms with Gasteiger partial charge in [0, 0.05) is 18.8 Å². The van der Waals surface area contributed by atoms with Crippen LogP contribution < -0.4 is 4.90 Å². The van der Waals surface area contributed by atoms with E-state index in [0.717, 1.165) is 17.2 Å². The Labute approximate surface area is 115 Å². The molecular formula is C16H23NO2. The molecule has 1 aromatic rings. The predicted octanol–water partition coefficient (Wildman–Crippen LogP) is 3.71. The molecule has 0 saturated heterocycles. The van der Waals surface area contributed by atoms with Crippen LogP contribution in [0.2, 0.25) is 0 Å². The standard InChI is InChI=1S/C16H23NO2/c1-11-5-4-6-14(9-11)17(3)15-8-7-13(16(18)19)10-12(15)2/h7-8,10-11,14H,4-6,9H2,1-3H3,(H,18,19). The second-order valence-electron chi connectivity index (χ2n) is 5.84. The van der Waals surface area contributed by atoms with Crippen LogP contribution in [0.1, 0.15) is 48.5 Å². The number of hydrogen-bond acceptors (Lipinski definition) is 2. The fraction of sp³-hybridized carbons (Fsp3) is 0.562. The van der Waals surface area contributed by atoms with Crippen molar-refractivity contribution in [1.82, 2.24) is 0 Å². The van der Waals surface area contributed by atoms with E-state index in [1.807, 2.05) is 13.0 Å². The fourth-order valence-corrected chi connectivity index (χ4v) is 3.13. The topological polar surface area (TPSA) is 40.5 Å². The molecule has 2 rings (SSSR count). The van der Waals surface area contributed by atoms with E-state index >= 15 is 0 Å². The van der Waals surface area contributed by atoms with Crippen molar-refractivity contribution in [3.8, 4) is 0 Å². The average Bonchev–Trinajstić information content (AvgIpc) is 2.37. The van der Waals surface area contributed by atoms with Crippen molar-refractivity contribution in [2.24, 2.45) is 5.92 Å². The molecule has 0 radical (unpaired) electrons. The highest BCUT2D eigenvalue weighted by Gasteiger charge is 2.23. The maximum Gasteiger partial charge on any atom is 0.335 e. The van der Waals surface area contributed by atoms with Gasteiger partial charge in [0.25, 0.3) is 0 Å². The number of carboxylic acid groups (broad SMARTS) is 1. The number of nitrogens with zero attached hydrogens (tertiary/aromatic N) is 1. The van der Waals surface area contributed by atoms with Crippen molar-refractivity contribution in [1.29, 1.82) is 0 Å². The number of anilines is 1. The van der Waals surface area contributed by atoms with E-state index < -0.39 is 5.97 Å². The van der Waals surface area contributed by atoms with Gasteiger partial charge in [0.2, 0.25) is 0 Å². The van der Waals surface area contributed by atoms with Crippen LogP contribution >= 0.6 is 0 Å². The van der Waals surface area contributed by atoms with E-state index in [-0.39, 0.29) is 0 Å². The van der Waals surface area contributed by atoms with Gasteiger partial charge < -0.3 is 10.0 Å². The molecule has 1 saturated carbocycles. The molecule has 1 N–H and O–H groups in total. The Morgan fingerprint density at radius 2 is 2.11 bits per heavy atom. The first kappa shape index (κ1) is 13.9. The third-order valence-corrected chi connectivity index (χ3v) is 4.28. The summed E-state index contributed by atoms with van der Waals surface area (Å²) in [5.41, 5.74) is 2.57. The summed E-state index contributed by atoms with van der Waals surface area (Å²) in [7, 11) is 2.13. The summed E-state index contributed by atoms with van der Waals surface area (Å²) >= 11 is 0. The second-order valence-corrected chi connectivity index (χ2v) is 5.84. The van der Waals surface area contributed by atoms with Crippen LogP contribution in [0, 0.1) is 12.8 Å². The lowest BCUT2D eigenvalue weighted by atomic mass is 9.86. The summed E-state index contributed by atoms with van der Waals surface area (Å²) < 4.78 is 0. The van der Waals surface area contributed by atoms with Crippen molar-refractivity contribution in [3.63, 3.8) is 0 Å². The average molecular weight is 261 g/mol.